The third kappa shape index (κ3) is 4.68. The zero-order chi connectivity index (χ0) is 20.9. The molecule has 2 amide bonds. The fourth-order valence-electron chi connectivity index (χ4n) is 3.95. The Balaban J connectivity index is 1.41. The Labute approximate surface area is 175 Å². The van der Waals surface area contributed by atoms with Crippen LogP contribution in [0.2, 0.25) is 0 Å². The van der Waals surface area contributed by atoms with Crippen LogP contribution in [0.4, 0.5) is 10.1 Å². The van der Waals surface area contributed by atoms with E-state index in [9.17, 15) is 14.0 Å². The average molecular weight is 411 g/mol. The van der Waals surface area contributed by atoms with Crippen LogP contribution in [0, 0.1) is 5.82 Å². The molecule has 0 aliphatic carbocycles. The fourth-order valence-corrected chi connectivity index (χ4v) is 3.95. The van der Waals surface area contributed by atoms with E-state index in [1.165, 1.54) is 24.3 Å². The molecule has 158 valence electrons. The maximum atomic E-state index is 13.2. The molecule has 0 radical (unpaired) electrons. The van der Waals surface area contributed by atoms with Crippen molar-refractivity contribution in [2.45, 2.75) is 12.8 Å². The second kappa shape index (κ2) is 9.36. The van der Waals surface area contributed by atoms with E-state index in [1.807, 2.05) is 12.1 Å². The predicted octanol–water partition coefficient (Wildman–Crippen LogP) is 2.48. The summed E-state index contributed by atoms with van der Waals surface area (Å²) in [4.78, 5) is 29.5. The van der Waals surface area contributed by atoms with Crippen LogP contribution < -0.4 is 10.2 Å². The van der Waals surface area contributed by atoms with Gasteiger partial charge in [0, 0.05) is 49.5 Å². The quantitative estimate of drug-likeness (QED) is 0.821. The second-order valence-electron chi connectivity index (χ2n) is 7.62. The molecular formula is C23H26FN3O3. The lowest BCUT2D eigenvalue weighted by atomic mass is 9.98. The molecule has 7 heteroatoms. The van der Waals surface area contributed by atoms with Crippen LogP contribution in [0.3, 0.4) is 0 Å². The van der Waals surface area contributed by atoms with E-state index < -0.39 is 0 Å². The van der Waals surface area contributed by atoms with Gasteiger partial charge in [0.1, 0.15) is 5.82 Å². The summed E-state index contributed by atoms with van der Waals surface area (Å²) in [5.74, 6) is -0.624. The van der Waals surface area contributed by atoms with Gasteiger partial charge in [-0.2, -0.15) is 0 Å². The second-order valence-corrected chi connectivity index (χ2v) is 7.62. The molecule has 2 aromatic carbocycles. The maximum Gasteiger partial charge on any atom is 0.258 e. The van der Waals surface area contributed by atoms with Crippen molar-refractivity contribution in [3.05, 3.63) is 65.0 Å². The van der Waals surface area contributed by atoms with E-state index in [0.29, 0.717) is 24.2 Å². The summed E-state index contributed by atoms with van der Waals surface area (Å²) in [7, 11) is 0. The van der Waals surface area contributed by atoms with Gasteiger partial charge in [0.05, 0.1) is 13.2 Å². The fraction of sp³-hybridized carbons (Fsp3) is 0.391. The van der Waals surface area contributed by atoms with Crippen LogP contribution in [0.25, 0.3) is 0 Å². The SMILES string of the molecule is O=C(NCCN1CCOCC1)c1ccc2c(c1)CCCN2C(=O)c1ccc(F)cc1. The summed E-state index contributed by atoms with van der Waals surface area (Å²) in [6.45, 7) is 5.27. The number of fused-ring (bicyclic) bond motifs is 1. The number of hydrogen-bond acceptors (Lipinski definition) is 4. The molecule has 1 saturated heterocycles. The third-order valence-corrected chi connectivity index (χ3v) is 5.61. The van der Waals surface area contributed by atoms with Crippen LogP contribution in [-0.2, 0) is 11.2 Å². The molecule has 0 atom stereocenters. The lowest BCUT2D eigenvalue weighted by Gasteiger charge is -2.30. The van der Waals surface area contributed by atoms with E-state index >= 15 is 0 Å². The highest BCUT2D eigenvalue weighted by Crippen LogP contribution is 2.29. The van der Waals surface area contributed by atoms with E-state index in [4.69, 9.17) is 4.74 Å². The number of anilines is 1. The van der Waals surface area contributed by atoms with Crippen molar-refractivity contribution in [1.29, 1.82) is 0 Å². The van der Waals surface area contributed by atoms with Crippen molar-refractivity contribution in [2.24, 2.45) is 0 Å². The number of nitrogens with one attached hydrogen (secondary N) is 1. The molecule has 1 N–H and O–H groups in total. The van der Waals surface area contributed by atoms with Gasteiger partial charge in [-0.15, -0.1) is 0 Å². The summed E-state index contributed by atoms with van der Waals surface area (Å²) in [6, 6.07) is 11.1. The van der Waals surface area contributed by atoms with Crippen molar-refractivity contribution < 1.29 is 18.7 Å². The molecule has 30 heavy (non-hydrogen) atoms. The van der Waals surface area contributed by atoms with Crippen LogP contribution >= 0.6 is 0 Å². The van der Waals surface area contributed by atoms with Crippen molar-refractivity contribution >= 4 is 17.5 Å². The highest BCUT2D eigenvalue weighted by molar-refractivity contribution is 6.07. The standard InChI is InChI=1S/C23H26FN3O3/c24-20-6-3-17(4-7-20)23(29)27-10-1-2-18-16-19(5-8-21(18)27)22(28)25-9-11-26-12-14-30-15-13-26/h3-8,16H,1-2,9-15H2,(H,25,28). The monoisotopic (exact) mass is 411 g/mol. The highest BCUT2D eigenvalue weighted by atomic mass is 19.1. The smallest absolute Gasteiger partial charge is 0.258 e. The van der Waals surface area contributed by atoms with Crippen molar-refractivity contribution in [1.82, 2.24) is 10.2 Å². The van der Waals surface area contributed by atoms with E-state index in [1.54, 1.807) is 11.0 Å². The Morgan fingerprint density at radius 2 is 1.73 bits per heavy atom. The van der Waals surface area contributed by atoms with Gasteiger partial charge >= 0.3 is 0 Å². The molecule has 2 heterocycles. The van der Waals surface area contributed by atoms with Gasteiger partial charge in [-0.25, -0.2) is 4.39 Å². The number of hydrogen-bond donors (Lipinski definition) is 1. The minimum Gasteiger partial charge on any atom is -0.379 e. The molecule has 0 unspecified atom stereocenters. The summed E-state index contributed by atoms with van der Waals surface area (Å²) in [6.07, 6.45) is 1.64. The largest absolute Gasteiger partial charge is 0.379 e. The molecule has 6 nitrogen and oxygen atoms in total. The van der Waals surface area contributed by atoms with Crippen LogP contribution in [0.15, 0.2) is 42.5 Å². The first-order chi connectivity index (χ1) is 14.6. The van der Waals surface area contributed by atoms with Gasteiger partial charge in [-0.1, -0.05) is 0 Å². The van der Waals surface area contributed by atoms with E-state index in [0.717, 1.165) is 56.9 Å². The van der Waals surface area contributed by atoms with Crippen molar-refractivity contribution in [3.8, 4) is 0 Å². The lowest BCUT2D eigenvalue weighted by molar-refractivity contribution is 0.0383. The zero-order valence-corrected chi connectivity index (χ0v) is 16.9. The van der Waals surface area contributed by atoms with Crippen LogP contribution in [0.5, 0.6) is 0 Å². The molecule has 0 saturated carbocycles. The topological polar surface area (TPSA) is 61.9 Å². The van der Waals surface area contributed by atoms with Gasteiger partial charge in [-0.3, -0.25) is 14.5 Å². The maximum absolute atomic E-state index is 13.2. The number of amides is 2. The van der Waals surface area contributed by atoms with E-state index in [-0.39, 0.29) is 17.6 Å². The number of benzene rings is 2. The molecule has 0 aromatic heterocycles. The first-order valence-electron chi connectivity index (χ1n) is 10.4. The number of carbonyl (C=O) groups is 2. The van der Waals surface area contributed by atoms with Crippen molar-refractivity contribution in [2.75, 3.05) is 50.8 Å². The molecule has 1 fully saturated rings. The Kier molecular flexibility index (Phi) is 6.40. The number of aryl methyl sites for hydroxylation is 1. The molecular weight excluding hydrogens is 385 g/mol. The summed E-state index contributed by atoms with van der Waals surface area (Å²) < 4.78 is 18.5. The average Bonchev–Trinajstić information content (AvgIpc) is 2.79. The Morgan fingerprint density at radius 1 is 1.00 bits per heavy atom. The van der Waals surface area contributed by atoms with Gasteiger partial charge in [-0.05, 0) is 60.9 Å². The zero-order valence-electron chi connectivity index (χ0n) is 16.9. The molecule has 4 rings (SSSR count). The predicted molar refractivity (Wildman–Crippen MR) is 112 cm³/mol. The van der Waals surface area contributed by atoms with E-state index in [2.05, 4.69) is 10.2 Å². The first kappa shape index (κ1) is 20.5. The Bertz CT molecular complexity index is 910. The van der Waals surface area contributed by atoms with Crippen LogP contribution in [-0.4, -0.2) is 62.7 Å². The third-order valence-electron chi connectivity index (χ3n) is 5.61. The van der Waals surface area contributed by atoms with Gasteiger partial charge in [0.25, 0.3) is 11.8 Å². The number of ether oxygens (including phenoxy) is 1. The Morgan fingerprint density at radius 3 is 2.50 bits per heavy atom. The summed E-state index contributed by atoms with van der Waals surface area (Å²) >= 11 is 0. The highest BCUT2D eigenvalue weighted by Gasteiger charge is 2.24. The minimum atomic E-state index is -0.366. The Hall–Kier alpha value is -2.77. The van der Waals surface area contributed by atoms with Gasteiger partial charge in [0.15, 0.2) is 0 Å². The lowest BCUT2D eigenvalue weighted by Crippen LogP contribution is -2.41. The minimum absolute atomic E-state index is 0.104. The number of morpholine rings is 1. The number of carbonyl (C=O) groups excluding carboxylic acids is 2. The van der Waals surface area contributed by atoms with Gasteiger partial charge < -0.3 is 15.0 Å². The van der Waals surface area contributed by atoms with Gasteiger partial charge in [0.2, 0.25) is 0 Å². The van der Waals surface area contributed by atoms with Crippen LogP contribution in [0.1, 0.15) is 32.7 Å². The first-order valence-corrected chi connectivity index (χ1v) is 10.4. The number of nitrogens with zero attached hydrogens (tertiary/aromatic N) is 2. The molecule has 2 aliphatic heterocycles. The normalized spacial score (nSPS) is 16.8. The number of halogens is 1. The molecule has 2 aromatic rings. The number of rotatable bonds is 5. The molecule has 0 spiro atoms. The molecule has 0 bridgehead atoms. The molecule has 2 aliphatic rings. The summed E-state index contributed by atoms with van der Waals surface area (Å²) in [5.41, 5.74) is 2.86. The summed E-state index contributed by atoms with van der Waals surface area (Å²) in [5, 5.41) is 2.98. The van der Waals surface area contributed by atoms with Crippen molar-refractivity contribution in [3.63, 3.8) is 0 Å².